The molecule has 3 aromatic rings. The van der Waals surface area contributed by atoms with Crippen molar-refractivity contribution >= 4 is 17.3 Å². The molecule has 27 heavy (non-hydrogen) atoms. The Kier molecular flexibility index (Phi) is 6.26. The van der Waals surface area contributed by atoms with Crippen LogP contribution >= 0.6 is 0 Å². The monoisotopic (exact) mass is 362 g/mol. The quantitative estimate of drug-likeness (QED) is 0.605. The summed E-state index contributed by atoms with van der Waals surface area (Å²) in [6, 6.07) is 18.4. The third-order valence-electron chi connectivity index (χ3n) is 4.38. The van der Waals surface area contributed by atoms with Gasteiger partial charge in [-0.2, -0.15) is 0 Å². The van der Waals surface area contributed by atoms with Gasteiger partial charge in [0.15, 0.2) is 0 Å². The lowest BCUT2D eigenvalue weighted by Crippen LogP contribution is -2.08. The van der Waals surface area contributed by atoms with Crippen molar-refractivity contribution in [3.63, 3.8) is 0 Å². The summed E-state index contributed by atoms with van der Waals surface area (Å²) in [7, 11) is 1.68. The fourth-order valence-electron chi connectivity index (χ4n) is 2.94. The summed E-state index contributed by atoms with van der Waals surface area (Å²) in [5, 5.41) is 6.82. The van der Waals surface area contributed by atoms with E-state index in [1.807, 2.05) is 31.2 Å². The van der Waals surface area contributed by atoms with Gasteiger partial charge >= 0.3 is 0 Å². The van der Waals surface area contributed by atoms with Crippen molar-refractivity contribution in [1.82, 2.24) is 9.97 Å². The largest absolute Gasteiger partial charge is 0.497 e. The van der Waals surface area contributed by atoms with E-state index < -0.39 is 0 Å². The van der Waals surface area contributed by atoms with E-state index in [1.165, 1.54) is 11.1 Å². The number of nitrogens with zero attached hydrogens (tertiary/aromatic N) is 2. The number of nitrogens with one attached hydrogen (secondary N) is 2. The Hall–Kier alpha value is -3.08. The molecule has 0 saturated heterocycles. The first kappa shape index (κ1) is 18.7. The molecule has 0 fully saturated rings. The average Bonchev–Trinajstić information content (AvgIpc) is 2.68. The Morgan fingerprint density at radius 3 is 2.44 bits per heavy atom. The fourth-order valence-corrected chi connectivity index (χ4v) is 2.94. The van der Waals surface area contributed by atoms with Crippen LogP contribution < -0.4 is 15.4 Å². The van der Waals surface area contributed by atoms with Gasteiger partial charge in [-0.1, -0.05) is 37.3 Å². The third-order valence-corrected chi connectivity index (χ3v) is 4.38. The molecule has 5 heteroatoms. The lowest BCUT2D eigenvalue weighted by atomic mass is 10.1. The molecule has 3 rings (SSSR count). The molecule has 1 aromatic heterocycles. The Morgan fingerprint density at radius 2 is 1.70 bits per heavy atom. The van der Waals surface area contributed by atoms with E-state index >= 15 is 0 Å². The molecule has 0 atom stereocenters. The summed E-state index contributed by atoms with van der Waals surface area (Å²) in [6.07, 6.45) is 1.88. The average molecular weight is 362 g/mol. The second kappa shape index (κ2) is 9.03. The smallest absolute Gasteiger partial charge is 0.136 e. The molecular weight excluding hydrogens is 336 g/mol. The number of ether oxygens (including phenoxy) is 1. The fraction of sp³-hybridized carbons (Fsp3) is 0.273. The predicted octanol–water partition coefficient (Wildman–Crippen LogP) is 4.75. The van der Waals surface area contributed by atoms with E-state index in [0.29, 0.717) is 0 Å². The van der Waals surface area contributed by atoms with Gasteiger partial charge in [0.1, 0.15) is 23.2 Å². The molecule has 0 bridgehead atoms. The predicted molar refractivity (Wildman–Crippen MR) is 111 cm³/mol. The molecule has 140 valence electrons. The summed E-state index contributed by atoms with van der Waals surface area (Å²) in [5.74, 6) is 3.24. The highest BCUT2D eigenvalue weighted by Crippen LogP contribution is 2.21. The van der Waals surface area contributed by atoms with E-state index in [2.05, 4.69) is 57.9 Å². The maximum Gasteiger partial charge on any atom is 0.136 e. The molecule has 5 nitrogen and oxygen atoms in total. The number of para-hydroxylation sites is 1. The second-order valence-corrected chi connectivity index (χ2v) is 6.35. The van der Waals surface area contributed by atoms with Gasteiger partial charge in [-0.15, -0.1) is 0 Å². The van der Waals surface area contributed by atoms with Crippen LogP contribution in [0, 0.1) is 6.92 Å². The second-order valence-electron chi connectivity index (χ2n) is 6.35. The first-order chi connectivity index (χ1) is 13.2. The maximum absolute atomic E-state index is 5.20. The van der Waals surface area contributed by atoms with Gasteiger partial charge in [-0.05, 0) is 49.1 Å². The molecule has 2 N–H and O–H groups in total. The van der Waals surface area contributed by atoms with Crippen LogP contribution in [0.2, 0.25) is 0 Å². The number of anilines is 3. The Morgan fingerprint density at radius 1 is 0.963 bits per heavy atom. The van der Waals surface area contributed by atoms with E-state index in [4.69, 9.17) is 4.74 Å². The van der Waals surface area contributed by atoms with Gasteiger partial charge in [-0.25, -0.2) is 9.97 Å². The van der Waals surface area contributed by atoms with Crippen molar-refractivity contribution in [3.8, 4) is 5.75 Å². The molecule has 0 radical (unpaired) electrons. The zero-order valence-corrected chi connectivity index (χ0v) is 16.1. The van der Waals surface area contributed by atoms with Gasteiger partial charge in [0.25, 0.3) is 0 Å². The topological polar surface area (TPSA) is 59.1 Å². The summed E-state index contributed by atoms with van der Waals surface area (Å²) in [6.45, 7) is 4.86. The first-order valence-corrected chi connectivity index (χ1v) is 9.25. The highest BCUT2D eigenvalue weighted by Gasteiger charge is 2.05. The van der Waals surface area contributed by atoms with Crippen LogP contribution in [0.5, 0.6) is 5.75 Å². The number of aryl methyl sites for hydroxylation is 2. The normalized spacial score (nSPS) is 10.5. The maximum atomic E-state index is 5.20. The summed E-state index contributed by atoms with van der Waals surface area (Å²) < 4.78 is 5.20. The van der Waals surface area contributed by atoms with Crippen LogP contribution in [-0.2, 0) is 12.8 Å². The van der Waals surface area contributed by atoms with Crippen LogP contribution in [0.1, 0.15) is 23.9 Å². The molecular formula is C22H26N4O. The van der Waals surface area contributed by atoms with Crippen LogP contribution in [0.25, 0.3) is 0 Å². The number of rotatable bonds is 8. The van der Waals surface area contributed by atoms with Gasteiger partial charge in [0.05, 0.1) is 7.11 Å². The number of benzene rings is 2. The number of hydrogen-bond donors (Lipinski definition) is 2. The van der Waals surface area contributed by atoms with Gasteiger partial charge in [0.2, 0.25) is 0 Å². The van der Waals surface area contributed by atoms with Crippen molar-refractivity contribution < 1.29 is 4.74 Å². The Bertz CT molecular complexity index is 878. The molecule has 0 spiro atoms. The highest BCUT2D eigenvalue weighted by molar-refractivity contribution is 5.62. The molecule has 2 aromatic carbocycles. The van der Waals surface area contributed by atoms with Crippen molar-refractivity contribution in [2.45, 2.75) is 26.7 Å². The molecule has 0 saturated carbocycles. The minimum Gasteiger partial charge on any atom is -0.497 e. The minimum atomic E-state index is 0.737. The van der Waals surface area contributed by atoms with E-state index in [9.17, 15) is 0 Å². The number of methoxy groups -OCH3 is 1. The van der Waals surface area contributed by atoms with Crippen LogP contribution in [0.3, 0.4) is 0 Å². The zero-order valence-electron chi connectivity index (χ0n) is 16.1. The lowest BCUT2D eigenvalue weighted by Gasteiger charge is -2.12. The summed E-state index contributed by atoms with van der Waals surface area (Å²) >= 11 is 0. The SMILES string of the molecule is CCc1ccccc1Nc1cc(NCCc2ccc(OC)cc2)nc(C)n1. The van der Waals surface area contributed by atoms with Crippen molar-refractivity contribution in [2.75, 3.05) is 24.3 Å². The highest BCUT2D eigenvalue weighted by atomic mass is 16.5. The lowest BCUT2D eigenvalue weighted by molar-refractivity contribution is 0.414. The Labute approximate surface area is 160 Å². The molecule has 0 aliphatic carbocycles. The summed E-state index contributed by atoms with van der Waals surface area (Å²) in [4.78, 5) is 9.01. The van der Waals surface area contributed by atoms with Gasteiger partial charge in [-0.3, -0.25) is 0 Å². The van der Waals surface area contributed by atoms with E-state index in [-0.39, 0.29) is 0 Å². The molecule has 0 aliphatic heterocycles. The molecule has 0 amide bonds. The first-order valence-electron chi connectivity index (χ1n) is 9.25. The molecule has 0 unspecified atom stereocenters. The van der Waals surface area contributed by atoms with Crippen molar-refractivity contribution in [3.05, 3.63) is 71.5 Å². The third kappa shape index (κ3) is 5.20. The number of hydrogen-bond acceptors (Lipinski definition) is 5. The van der Waals surface area contributed by atoms with Crippen LogP contribution in [-0.4, -0.2) is 23.6 Å². The van der Waals surface area contributed by atoms with E-state index in [0.717, 1.165) is 48.3 Å². The van der Waals surface area contributed by atoms with Gasteiger partial charge < -0.3 is 15.4 Å². The van der Waals surface area contributed by atoms with Crippen molar-refractivity contribution in [1.29, 1.82) is 0 Å². The zero-order chi connectivity index (χ0) is 19.1. The van der Waals surface area contributed by atoms with Crippen LogP contribution in [0.15, 0.2) is 54.6 Å². The van der Waals surface area contributed by atoms with Crippen LogP contribution in [0.4, 0.5) is 17.3 Å². The molecule has 0 aliphatic rings. The number of aromatic nitrogens is 2. The molecule has 1 heterocycles. The van der Waals surface area contributed by atoms with Crippen molar-refractivity contribution in [2.24, 2.45) is 0 Å². The van der Waals surface area contributed by atoms with Gasteiger partial charge in [0, 0.05) is 18.3 Å². The summed E-state index contributed by atoms with van der Waals surface area (Å²) in [5.41, 5.74) is 3.61. The minimum absolute atomic E-state index is 0.737. The van der Waals surface area contributed by atoms with E-state index in [1.54, 1.807) is 7.11 Å². The Balaban J connectivity index is 1.64. The standard InChI is InChI=1S/C22H26N4O/c1-4-18-7-5-6-8-20(18)26-22-15-21(24-16(2)25-22)23-14-13-17-9-11-19(27-3)12-10-17/h5-12,15H,4,13-14H2,1-3H3,(H2,23,24,25,26).